The molecule has 0 amide bonds. The van der Waals surface area contributed by atoms with Gasteiger partial charge in [-0.3, -0.25) is 9.36 Å². The molecular weight excluding hydrogens is 270 g/mol. The number of aromatic hydroxyl groups is 1. The highest BCUT2D eigenvalue weighted by Gasteiger charge is 2.19. The van der Waals surface area contributed by atoms with Crippen molar-refractivity contribution in [2.24, 2.45) is 0 Å². The summed E-state index contributed by atoms with van der Waals surface area (Å²) in [7, 11) is 0. The molecule has 0 unspecified atom stereocenters. The van der Waals surface area contributed by atoms with Crippen LogP contribution in [-0.2, 0) is 0 Å². The van der Waals surface area contributed by atoms with Crippen molar-refractivity contribution in [3.05, 3.63) is 47.6 Å². The maximum absolute atomic E-state index is 11.3. The number of carbonyl (C=O) groups is 1. The quantitative estimate of drug-likeness (QED) is 0.747. The number of aromatic nitrogens is 3. The van der Waals surface area contributed by atoms with Gasteiger partial charge in [0.1, 0.15) is 28.6 Å². The molecule has 3 aromatic rings. The van der Waals surface area contributed by atoms with Crippen molar-refractivity contribution >= 4 is 6.29 Å². The summed E-state index contributed by atoms with van der Waals surface area (Å²) in [5, 5.41) is 13.3. The number of nitrogens with zero attached hydrogens (tertiary/aromatic N) is 3. The van der Waals surface area contributed by atoms with Gasteiger partial charge in [0.05, 0.1) is 6.20 Å². The van der Waals surface area contributed by atoms with Gasteiger partial charge < -0.3 is 9.63 Å². The van der Waals surface area contributed by atoms with Crippen LogP contribution in [-0.4, -0.2) is 26.1 Å². The van der Waals surface area contributed by atoms with Gasteiger partial charge >= 0.3 is 0 Å². The van der Waals surface area contributed by atoms with Gasteiger partial charge in [0, 0.05) is 5.56 Å². The summed E-state index contributed by atoms with van der Waals surface area (Å²) >= 11 is 0. The topological polar surface area (TPSA) is 81.2 Å². The van der Waals surface area contributed by atoms with Crippen molar-refractivity contribution in [1.29, 1.82) is 0 Å². The molecule has 0 aliphatic carbocycles. The highest BCUT2D eigenvalue weighted by Crippen LogP contribution is 2.28. The van der Waals surface area contributed by atoms with Gasteiger partial charge in [-0.2, -0.15) is 0 Å². The molecule has 6 heteroatoms. The molecule has 0 radical (unpaired) electrons. The molecule has 2 aromatic heterocycles. The van der Waals surface area contributed by atoms with Gasteiger partial charge in [0.15, 0.2) is 12.0 Å². The number of carbonyl (C=O) groups excluding carboxylic acids is 1. The SMILES string of the molecule is Cc1noc(C)c1-n1c(C=O)cnc1-c1ccc(O)cc1. The minimum absolute atomic E-state index is 0.171. The van der Waals surface area contributed by atoms with Crippen molar-refractivity contribution in [2.75, 3.05) is 0 Å². The number of aryl methyl sites for hydroxylation is 2. The maximum atomic E-state index is 11.3. The summed E-state index contributed by atoms with van der Waals surface area (Å²) in [6, 6.07) is 6.62. The molecule has 0 aliphatic heterocycles. The lowest BCUT2D eigenvalue weighted by Crippen LogP contribution is -2.03. The number of imidazole rings is 1. The van der Waals surface area contributed by atoms with Crippen molar-refractivity contribution < 1.29 is 14.4 Å². The summed E-state index contributed by atoms with van der Waals surface area (Å²) in [4.78, 5) is 15.6. The van der Waals surface area contributed by atoms with Crippen LogP contribution in [0.25, 0.3) is 17.1 Å². The highest BCUT2D eigenvalue weighted by atomic mass is 16.5. The van der Waals surface area contributed by atoms with Crippen LogP contribution < -0.4 is 0 Å². The predicted octanol–water partition coefficient (Wildman–Crippen LogP) is 2.66. The zero-order chi connectivity index (χ0) is 15.0. The molecule has 21 heavy (non-hydrogen) atoms. The first-order valence-corrected chi connectivity index (χ1v) is 6.37. The first kappa shape index (κ1) is 13.1. The monoisotopic (exact) mass is 283 g/mol. The number of phenols is 1. The zero-order valence-electron chi connectivity index (χ0n) is 11.6. The molecule has 6 nitrogen and oxygen atoms in total. The summed E-state index contributed by atoms with van der Waals surface area (Å²) < 4.78 is 6.88. The molecule has 0 saturated heterocycles. The van der Waals surface area contributed by atoms with Gasteiger partial charge in [0.2, 0.25) is 0 Å². The molecule has 0 spiro atoms. The van der Waals surface area contributed by atoms with E-state index in [4.69, 9.17) is 4.52 Å². The van der Waals surface area contributed by atoms with Crippen molar-refractivity contribution in [1.82, 2.24) is 14.7 Å². The fourth-order valence-electron chi connectivity index (χ4n) is 2.29. The summed E-state index contributed by atoms with van der Waals surface area (Å²) in [6.07, 6.45) is 2.24. The van der Waals surface area contributed by atoms with Gasteiger partial charge in [0.25, 0.3) is 0 Å². The Hall–Kier alpha value is -2.89. The lowest BCUT2D eigenvalue weighted by molar-refractivity contribution is 0.111. The van der Waals surface area contributed by atoms with E-state index in [1.165, 1.54) is 6.20 Å². The van der Waals surface area contributed by atoms with E-state index in [1.807, 2.05) is 0 Å². The van der Waals surface area contributed by atoms with Crippen LogP contribution in [0.1, 0.15) is 21.9 Å². The van der Waals surface area contributed by atoms with E-state index in [2.05, 4.69) is 10.1 Å². The van der Waals surface area contributed by atoms with Crippen molar-refractivity contribution in [2.45, 2.75) is 13.8 Å². The normalized spacial score (nSPS) is 10.8. The number of rotatable bonds is 3. The minimum atomic E-state index is 0.171. The third-order valence-corrected chi connectivity index (χ3v) is 3.25. The average Bonchev–Trinajstić information content (AvgIpc) is 3.03. The molecule has 0 atom stereocenters. The lowest BCUT2D eigenvalue weighted by atomic mass is 10.2. The Labute approximate surface area is 120 Å². The zero-order valence-corrected chi connectivity index (χ0v) is 11.6. The van der Waals surface area contributed by atoms with E-state index in [1.54, 1.807) is 42.7 Å². The Morgan fingerprint density at radius 1 is 1.24 bits per heavy atom. The van der Waals surface area contributed by atoms with Crippen LogP contribution in [0.2, 0.25) is 0 Å². The third kappa shape index (κ3) is 2.10. The van der Waals surface area contributed by atoms with Crippen LogP contribution in [0.15, 0.2) is 35.0 Å². The van der Waals surface area contributed by atoms with E-state index in [-0.39, 0.29) is 5.75 Å². The van der Waals surface area contributed by atoms with Crippen LogP contribution >= 0.6 is 0 Å². The standard InChI is InChI=1S/C15H13N3O3/c1-9-14(10(2)21-17-9)18-12(8-19)7-16-15(18)11-3-5-13(20)6-4-11/h3-8,20H,1-2H3. The first-order chi connectivity index (χ1) is 10.1. The number of hydrogen-bond donors (Lipinski definition) is 1. The first-order valence-electron chi connectivity index (χ1n) is 6.37. The Kier molecular flexibility index (Phi) is 3.06. The molecule has 0 fully saturated rings. The second-order valence-electron chi connectivity index (χ2n) is 4.68. The van der Waals surface area contributed by atoms with Gasteiger partial charge in [-0.25, -0.2) is 4.98 Å². The molecule has 3 rings (SSSR count). The van der Waals surface area contributed by atoms with E-state index < -0.39 is 0 Å². The van der Waals surface area contributed by atoms with E-state index in [9.17, 15) is 9.90 Å². The molecule has 0 saturated carbocycles. The van der Waals surface area contributed by atoms with Gasteiger partial charge in [-0.15, -0.1) is 0 Å². The molecule has 0 aliphatic rings. The maximum Gasteiger partial charge on any atom is 0.168 e. The van der Waals surface area contributed by atoms with E-state index in [0.717, 1.165) is 11.8 Å². The molecule has 1 N–H and O–H groups in total. The number of phenolic OH excluding ortho intramolecular Hbond substituents is 1. The van der Waals surface area contributed by atoms with Crippen LogP contribution in [0, 0.1) is 13.8 Å². The Balaban J connectivity index is 2.26. The molecule has 2 heterocycles. The Morgan fingerprint density at radius 3 is 2.52 bits per heavy atom. The minimum Gasteiger partial charge on any atom is -0.508 e. The Morgan fingerprint density at radius 2 is 1.95 bits per heavy atom. The lowest BCUT2D eigenvalue weighted by Gasteiger charge is -2.09. The average molecular weight is 283 g/mol. The van der Waals surface area contributed by atoms with Crippen LogP contribution in [0.5, 0.6) is 5.75 Å². The summed E-state index contributed by atoms with van der Waals surface area (Å²) in [5.41, 5.74) is 2.57. The Bertz CT molecular complexity index is 781. The van der Waals surface area contributed by atoms with Crippen LogP contribution in [0.4, 0.5) is 0 Å². The summed E-state index contributed by atoms with van der Waals surface area (Å²) in [6.45, 7) is 3.59. The summed E-state index contributed by atoms with van der Waals surface area (Å²) in [5.74, 6) is 1.37. The third-order valence-electron chi connectivity index (χ3n) is 3.25. The van der Waals surface area contributed by atoms with E-state index in [0.29, 0.717) is 28.7 Å². The second-order valence-corrected chi connectivity index (χ2v) is 4.68. The molecule has 1 aromatic carbocycles. The second kappa shape index (κ2) is 4.90. The number of hydrogen-bond acceptors (Lipinski definition) is 5. The number of aldehydes is 1. The molecular formula is C15H13N3O3. The predicted molar refractivity (Wildman–Crippen MR) is 75.6 cm³/mol. The fourth-order valence-corrected chi connectivity index (χ4v) is 2.29. The van der Waals surface area contributed by atoms with Gasteiger partial charge in [-0.1, -0.05) is 5.16 Å². The smallest absolute Gasteiger partial charge is 0.168 e. The van der Waals surface area contributed by atoms with Crippen molar-refractivity contribution in [3.63, 3.8) is 0 Å². The highest BCUT2D eigenvalue weighted by molar-refractivity contribution is 5.77. The molecule has 0 bridgehead atoms. The van der Waals surface area contributed by atoms with E-state index >= 15 is 0 Å². The van der Waals surface area contributed by atoms with Gasteiger partial charge in [-0.05, 0) is 38.1 Å². The number of benzene rings is 1. The largest absolute Gasteiger partial charge is 0.508 e. The fraction of sp³-hybridized carbons (Fsp3) is 0.133. The molecule has 106 valence electrons. The van der Waals surface area contributed by atoms with Crippen LogP contribution in [0.3, 0.4) is 0 Å². The van der Waals surface area contributed by atoms with Crippen molar-refractivity contribution in [3.8, 4) is 22.8 Å².